The molecule has 2 aromatic rings. The molecule has 1 aliphatic carbocycles. The van der Waals surface area contributed by atoms with Gasteiger partial charge >= 0.3 is 0 Å². The van der Waals surface area contributed by atoms with Gasteiger partial charge in [0, 0.05) is 17.6 Å². The minimum absolute atomic E-state index is 0. The molecular weight excluding hydrogens is 394 g/mol. The van der Waals surface area contributed by atoms with Gasteiger partial charge in [0.2, 0.25) is 0 Å². The van der Waals surface area contributed by atoms with E-state index in [1.54, 1.807) is 6.33 Å². The van der Waals surface area contributed by atoms with Crippen LogP contribution in [-0.2, 0) is 13.0 Å². The number of imidazole rings is 1. The van der Waals surface area contributed by atoms with Crippen molar-refractivity contribution in [2.75, 3.05) is 0 Å². The van der Waals surface area contributed by atoms with Crippen molar-refractivity contribution in [3.05, 3.63) is 45.9 Å². The van der Waals surface area contributed by atoms with Crippen molar-refractivity contribution in [3.63, 3.8) is 0 Å². The highest BCUT2D eigenvalue weighted by Gasteiger charge is 2.62. The fourth-order valence-electron chi connectivity index (χ4n) is 3.08. The highest BCUT2D eigenvalue weighted by atomic mass is 79.9. The molecule has 0 radical (unpaired) electrons. The summed E-state index contributed by atoms with van der Waals surface area (Å²) < 4.78 is 9.18. The lowest BCUT2D eigenvalue weighted by Gasteiger charge is -2.34. The Morgan fingerprint density at radius 1 is 1.36 bits per heavy atom. The van der Waals surface area contributed by atoms with Gasteiger partial charge in [0.15, 0.2) is 0 Å². The molecular formula is C15H14BrCl2FN2O. The molecule has 22 heavy (non-hydrogen) atoms. The summed E-state index contributed by atoms with van der Waals surface area (Å²) in [5.74, 6) is 0.855. The van der Waals surface area contributed by atoms with E-state index in [1.807, 2.05) is 29.0 Å². The molecule has 1 aromatic heterocycles. The fourth-order valence-corrected chi connectivity index (χ4v) is 3.86. The van der Waals surface area contributed by atoms with Gasteiger partial charge in [-0.3, -0.25) is 4.70 Å². The van der Waals surface area contributed by atoms with Crippen LogP contribution in [0, 0.1) is 0 Å². The number of hydrogen-bond donors (Lipinski definition) is 0. The van der Waals surface area contributed by atoms with Crippen LogP contribution in [0.5, 0.6) is 5.75 Å². The number of fused-ring (bicyclic) bond motifs is 1. The molecule has 0 amide bonds. The average molecular weight is 408 g/mol. The molecule has 1 atom stereocenters. The molecule has 1 unspecified atom stereocenters. The molecule has 2 aliphatic rings. The molecule has 0 N–H and O–H groups in total. The maximum Gasteiger partial charge on any atom is 0.150 e. The normalized spacial score (nSPS) is 24.3. The largest absolute Gasteiger partial charge is 0.483 e. The van der Waals surface area contributed by atoms with Crippen molar-refractivity contribution in [1.82, 2.24) is 9.55 Å². The first-order chi connectivity index (χ1) is 10.00. The number of benzene rings is 1. The Labute approximate surface area is 146 Å². The zero-order valence-electron chi connectivity index (χ0n) is 11.6. The molecule has 1 fully saturated rings. The lowest BCUT2D eigenvalue weighted by molar-refractivity contribution is 0.0613. The van der Waals surface area contributed by atoms with Gasteiger partial charge in [-0.25, -0.2) is 4.98 Å². The summed E-state index contributed by atoms with van der Waals surface area (Å²) in [5, 5.41) is 0.689. The van der Waals surface area contributed by atoms with Gasteiger partial charge in [0.1, 0.15) is 16.0 Å². The second kappa shape index (κ2) is 5.39. The summed E-state index contributed by atoms with van der Waals surface area (Å²) >= 11 is 16.2. The number of halogens is 4. The van der Waals surface area contributed by atoms with E-state index in [4.69, 9.17) is 27.9 Å². The van der Waals surface area contributed by atoms with Crippen LogP contribution in [0.4, 0.5) is 4.70 Å². The van der Waals surface area contributed by atoms with Crippen molar-refractivity contribution in [2.24, 2.45) is 0 Å². The Hall–Kier alpha value is -0.780. The first-order valence-electron chi connectivity index (χ1n) is 6.83. The SMILES string of the molecule is Clc1ccc2c(c1)OC(Cn1cnc(Br)c1)(C1(Cl)CC1)C2.F. The summed E-state index contributed by atoms with van der Waals surface area (Å²) in [7, 11) is 0. The second-order valence-corrected chi connectivity index (χ2v) is 7.83. The van der Waals surface area contributed by atoms with Crippen LogP contribution in [0.25, 0.3) is 0 Å². The Bertz CT molecular complexity index is 715. The monoisotopic (exact) mass is 406 g/mol. The number of aromatic nitrogens is 2. The van der Waals surface area contributed by atoms with Gasteiger partial charge in [0.25, 0.3) is 0 Å². The number of ether oxygens (including phenoxy) is 1. The standard InChI is InChI=1S/C15H13BrCl2N2O.FH/c16-13-7-20(9-19-13)8-15(14(18)3-4-14)6-10-1-2-11(17)5-12(10)21-15;/h1-2,5,7,9H,3-4,6,8H2;1H. The smallest absolute Gasteiger partial charge is 0.150 e. The van der Waals surface area contributed by atoms with Crippen molar-refractivity contribution in [3.8, 4) is 5.75 Å². The third-order valence-corrected chi connectivity index (χ3v) is 5.72. The predicted octanol–water partition coefficient (Wildman–Crippen LogP) is 4.60. The summed E-state index contributed by atoms with van der Waals surface area (Å²) in [5.41, 5.74) is 0.743. The van der Waals surface area contributed by atoms with E-state index in [2.05, 4.69) is 20.9 Å². The minimum Gasteiger partial charge on any atom is -0.483 e. The van der Waals surface area contributed by atoms with Gasteiger partial charge < -0.3 is 9.30 Å². The number of hydrogen-bond acceptors (Lipinski definition) is 2. The van der Waals surface area contributed by atoms with Gasteiger partial charge in [-0.15, -0.1) is 11.6 Å². The van der Waals surface area contributed by atoms with Crippen LogP contribution in [0.3, 0.4) is 0 Å². The van der Waals surface area contributed by atoms with Crippen molar-refractivity contribution in [1.29, 1.82) is 0 Å². The highest BCUT2D eigenvalue weighted by molar-refractivity contribution is 9.10. The Kier molecular flexibility index (Phi) is 3.94. The first-order valence-corrected chi connectivity index (χ1v) is 8.38. The molecule has 1 aliphatic heterocycles. The lowest BCUT2D eigenvalue weighted by Crippen LogP contribution is -2.49. The predicted molar refractivity (Wildman–Crippen MR) is 88.8 cm³/mol. The van der Waals surface area contributed by atoms with Crippen molar-refractivity contribution >= 4 is 39.1 Å². The molecule has 0 bridgehead atoms. The van der Waals surface area contributed by atoms with E-state index < -0.39 is 5.60 Å². The van der Waals surface area contributed by atoms with Crippen LogP contribution in [0.15, 0.2) is 35.3 Å². The van der Waals surface area contributed by atoms with E-state index in [9.17, 15) is 0 Å². The van der Waals surface area contributed by atoms with Crippen LogP contribution < -0.4 is 4.74 Å². The van der Waals surface area contributed by atoms with E-state index in [-0.39, 0.29) is 9.58 Å². The molecule has 118 valence electrons. The summed E-state index contributed by atoms with van der Waals surface area (Å²) in [4.78, 5) is 3.92. The maximum absolute atomic E-state index is 6.79. The van der Waals surface area contributed by atoms with Crippen molar-refractivity contribution < 1.29 is 9.44 Å². The topological polar surface area (TPSA) is 27.1 Å². The van der Waals surface area contributed by atoms with Gasteiger partial charge in [-0.05, 0) is 46.5 Å². The third kappa shape index (κ3) is 2.53. The van der Waals surface area contributed by atoms with Crippen LogP contribution in [-0.4, -0.2) is 20.0 Å². The average Bonchev–Trinajstić information content (AvgIpc) is 2.91. The first kappa shape index (κ1) is 16.1. The van der Waals surface area contributed by atoms with Crippen LogP contribution in [0.2, 0.25) is 5.02 Å². The molecule has 1 aromatic carbocycles. The number of alkyl halides is 1. The molecule has 7 heteroatoms. The summed E-state index contributed by atoms with van der Waals surface area (Å²) in [6, 6.07) is 5.82. The molecule has 2 heterocycles. The zero-order valence-corrected chi connectivity index (χ0v) is 14.7. The lowest BCUT2D eigenvalue weighted by atomic mass is 9.91. The van der Waals surface area contributed by atoms with E-state index in [0.717, 1.165) is 29.6 Å². The summed E-state index contributed by atoms with van der Waals surface area (Å²) in [6.45, 7) is 0.682. The zero-order chi connectivity index (χ0) is 14.7. The van der Waals surface area contributed by atoms with Gasteiger partial charge in [-0.1, -0.05) is 17.7 Å². The minimum atomic E-state index is -0.429. The summed E-state index contributed by atoms with van der Waals surface area (Å²) in [6.07, 6.45) is 6.51. The Morgan fingerprint density at radius 3 is 2.77 bits per heavy atom. The quantitative estimate of drug-likeness (QED) is 0.695. The maximum atomic E-state index is 6.79. The van der Waals surface area contributed by atoms with E-state index in [1.165, 1.54) is 5.56 Å². The molecule has 3 nitrogen and oxygen atoms in total. The third-order valence-electron chi connectivity index (χ3n) is 4.36. The fraction of sp³-hybridized carbons (Fsp3) is 0.400. The van der Waals surface area contributed by atoms with Gasteiger partial charge in [-0.2, -0.15) is 0 Å². The Morgan fingerprint density at radius 2 is 2.14 bits per heavy atom. The van der Waals surface area contributed by atoms with Crippen LogP contribution >= 0.6 is 39.1 Å². The highest BCUT2D eigenvalue weighted by Crippen LogP contribution is 2.57. The van der Waals surface area contributed by atoms with Crippen molar-refractivity contribution in [2.45, 2.75) is 36.3 Å². The molecule has 1 saturated carbocycles. The van der Waals surface area contributed by atoms with E-state index >= 15 is 0 Å². The van der Waals surface area contributed by atoms with Crippen LogP contribution in [0.1, 0.15) is 18.4 Å². The van der Waals surface area contributed by atoms with Gasteiger partial charge in [0.05, 0.1) is 17.7 Å². The Balaban J connectivity index is 0.00000144. The second-order valence-electron chi connectivity index (χ2n) is 5.86. The molecule has 4 rings (SSSR count). The number of rotatable bonds is 3. The van der Waals surface area contributed by atoms with E-state index in [0.29, 0.717) is 11.6 Å². The molecule has 0 saturated heterocycles. The number of nitrogens with zero attached hydrogens (tertiary/aromatic N) is 2. The molecule has 0 spiro atoms.